The van der Waals surface area contributed by atoms with Crippen LogP contribution in [0, 0.1) is 0 Å². The molecule has 0 radical (unpaired) electrons. The van der Waals surface area contributed by atoms with E-state index >= 15 is 0 Å². The van der Waals surface area contributed by atoms with Crippen LogP contribution < -0.4 is 4.90 Å². The number of fused-ring (bicyclic) bond motifs is 1. The van der Waals surface area contributed by atoms with E-state index < -0.39 is 0 Å². The molecule has 0 saturated carbocycles. The lowest BCUT2D eigenvalue weighted by Crippen LogP contribution is -2.48. The highest BCUT2D eigenvalue weighted by molar-refractivity contribution is 6.31. The largest absolute Gasteiger partial charge is 0.355 e. The first-order valence-electron chi connectivity index (χ1n) is 8.07. The SMILES string of the molecule is CN(C)C(=O)N(C)C1CCN(c2cnc3cc(Cl)ccc3n2)CC1. The lowest BCUT2D eigenvalue weighted by atomic mass is 10.0. The molecule has 1 saturated heterocycles. The van der Waals surface area contributed by atoms with Crippen molar-refractivity contribution in [2.24, 2.45) is 0 Å². The summed E-state index contributed by atoms with van der Waals surface area (Å²) in [5.74, 6) is 0.880. The van der Waals surface area contributed by atoms with Gasteiger partial charge in [0.25, 0.3) is 0 Å². The van der Waals surface area contributed by atoms with Gasteiger partial charge in [-0.05, 0) is 31.0 Å². The van der Waals surface area contributed by atoms with Crippen molar-refractivity contribution in [3.8, 4) is 0 Å². The Morgan fingerprint density at radius 3 is 2.58 bits per heavy atom. The highest BCUT2D eigenvalue weighted by atomic mass is 35.5. The number of hydrogen-bond acceptors (Lipinski definition) is 4. The molecular weight excluding hydrogens is 326 g/mol. The van der Waals surface area contributed by atoms with E-state index in [0.717, 1.165) is 42.8 Å². The molecule has 1 aromatic carbocycles. The van der Waals surface area contributed by atoms with Crippen molar-refractivity contribution in [1.29, 1.82) is 0 Å². The van der Waals surface area contributed by atoms with Crippen molar-refractivity contribution in [3.05, 3.63) is 29.4 Å². The van der Waals surface area contributed by atoms with Crippen LogP contribution in [0.5, 0.6) is 0 Å². The fourth-order valence-electron chi connectivity index (χ4n) is 3.08. The third-order valence-corrected chi connectivity index (χ3v) is 4.75. The van der Waals surface area contributed by atoms with Gasteiger partial charge in [-0.15, -0.1) is 0 Å². The molecule has 2 heterocycles. The Bertz CT molecular complexity index is 743. The number of carbonyl (C=O) groups excluding carboxylic acids is 1. The second kappa shape index (κ2) is 6.81. The van der Waals surface area contributed by atoms with Gasteiger partial charge < -0.3 is 14.7 Å². The number of halogens is 1. The van der Waals surface area contributed by atoms with Crippen molar-refractivity contribution in [2.75, 3.05) is 39.1 Å². The molecule has 2 amide bonds. The number of aromatic nitrogens is 2. The molecule has 0 N–H and O–H groups in total. The number of carbonyl (C=O) groups is 1. The van der Waals surface area contributed by atoms with Crippen LogP contribution in [0.25, 0.3) is 11.0 Å². The third kappa shape index (κ3) is 3.38. The Hall–Kier alpha value is -2.08. The summed E-state index contributed by atoms with van der Waals surface area (Å²) in [6.45, 7) is 1.73. The van der Waals surface area contributed by atoms with E-state index in [-0.39, 0.29) is 12.1 Å². The van der Waals surface area contributed by atoms with Gasteiger partial charge in [-0.1, -0.05) is 11.6 Å². The molecule has 24 heavy (non-hydrogen) atoms. The van der Waals surface area contributed by atoms with Crippen LogP contribution in [0.3, 0.4) is 0 Å². The highest BCUT2D eigenvalue weighted by Gasteiger charge is 2.26. The van der Waals surface area contributed by atoms with Gasteiger partial charge in [0.05, 0.1) is 17.2 Å². The molecule has 1 aromatic heterocycles. The molecule has 3 rings (SSSR count). The van der Waals surface area contributed by atoms with Crippen molar-refractivity contribution in [2.45, 2.75) is 18.9 Å². The fourth-order valence-corrected chi connectivity index (χ4v) is 3.25. The monoisotopic (exact) mass is 347 g/mol. The number of rotatable bonds is 2. The minimum absolute atomic E-state index is 0.0517. The first-order valence-corrected chi connectivity index (χ1v) is 8.45. The van der Waals surface area contributed by atoms with Gasteiger partial charge in [0.1, 0.15) is 5.82 Å². The van der Waals surface area contributed by atoms with Gasteiger partial charge >= 0.3 is 6.03 Å². The molecule has 0 atom stereocenters. The summed E-state index contributed by atoms with van der Waals surface area (Å²) in [5, 5.41) is 0.666. The van der Waals surface area contributed by atoms with E-state index in [1.54, 1.807) is 25.2 Å². The van der Waals surface area contributed by atoms with Crippen LogP contribution in [-0.4, -0.2) is 66.1 Å². The minimum Gasteiger partial charge on any atom is -0.355 e. The van der Waals surface area contributed by atoms with Crippen LogP contribution in [0.15, 0.2) is 24.4 Å². The van der Waals surface area contributed by atoms with E-state index in [2.05, 4.69) is 14.9 Å². The van der Waals surface area contributed by atoms with E-state index in [1.807, 2.05) is 30.1 Å². The average Bonchev–Trinajstić information content (AvgIpc) is 2.60. The molecule has 2 aromatic rings. The predicted molar refractivity (Wildman–Crippen MR) is 96.6 cm³/mol. The summed E-state index contributed by atoms with van der Waals surface area (Å²) < 4.78 is 0. The zero-order valence-electron chi connectivity index (χ0n) is 14.2. The second-order valence-corrected chi connectivity index (χ2v) is 6.80. The fraction of sp³-hybridized carbons (Fsp3) is 0.471. The Balaban J connectivity index is 1.68. The molecule has 1 fully saturated rings. The van der Waals surface area contributed by atoms with Crippen molar-refractivity contribution in [3.63, 3.8) is 0 Å². The highest BCUT2D eigenvalue weighted by Crippen LogP contribution is 2.23. The number of urea groups is 1. The minimum atomic E-state index is 0.0517. The third-order valence-electron chi connectivity index (χ3n) is 4.51. The molecule has 7 heteroatoms. The standard InChI is InChI=1S/C17H22ClN5O/c1-21(2)17(24)22(3)13-6-8-23(9-7-13)16-11-19-15-10-12(18)4-5-14(15)20-16/h4-5,10-11,13H,6-9H2,1-3H3. The maximum atomic E-state index is 12.1. The van der Waals surface area contributed by atoms with Gasteiger partial charge in [0.2, 0.25) is 0 Å². The summed E-state index contributed by atoms with van der Waals surface area (Å²) in [6, 6.07) is 5.86. The zero-order valence-corrected chi connectivity index (χ0v) is 15.0. The Morgan fingerprint density at radius 1 is 1.21 bits per heavy atom. The Morgan fingerprint density at radius 2 is 1.92 bits per heavy atom. The summed E-state index contributed by atoms with van der Waals surface area (Å²) in [6.07, 6.45) is 3.65. The van der Waals surface area contributed by atoms with Gasteiger partial charge in [0, 0.05) is 45.3 Å². The number of nitrogens with zero attached hydrogens (tertiary/aromatic N) is 5. The first kappa shape index (κ1) is 16.8. The lowest BCUT2D eigenvalue weighted by molar-refractivity contribution is 0.155. The van der Waals surface area contributed by atoms with Crippen molar-refractivity contribution < 1.29 is 4.79 Å². The molecule has 0 aliphatic carbocycles. The smallest absolute Gasteiger partial charge is 0.319 e. The lowest BCUT2D eigenvalue weighted by Gasteiger charge is -2.38. The summed E-state index contributed by atoms with van der Waals surface area (Å²) in [7, 11) is 5.44. The topological polar surface area (TPSA) is 52.6 Å². The second-order valence-electron chi connectivity index (χ2n) is 6.37. The summed E-state index contributed by atoms with van der Waals surface area (Å²) >= 11 is 5.99. The Labute approximate surface area is 147 Å². The van der Waals surface area contributed by atoms with Gasteiger partial charge in [0.15, 0.2) is 0 Å². The number of piperidine rings is 1. The zero-order chi connectivity index (χ0) is 17.3. The summed E-state index contributed by atoms with van der Waals surface area (Å²) in [5.41, 5.74) is 1.65. The number of benzene rings is 1. The van der Waals surface area contributed by atoms with Crippen LogP contribution in [0.2, 0.25) is 5.02 Å². The normalized spacial score (nSPS) is 15.6. The van der Waals surface area contributed by atoms with E-state index in [1.165, 1.54) is 0 Å². The van der Waals surface area contributed by atoms with E-state index in [4.69, 9.17) is 11.6 Å². The van der Waals surface area contributed by atoms with Crippen molar-refractivity contribution in [1.82, 2.24) is 19.8 Å². The first-order chi connectivity index (χ1) is 11.5. The average molecular weight is 348 g/mol. The molecular formula is C17H22ClN5O. The number of hydrogen-bond donors (Lipinski definition) is 0. The molecule has 0 unspecified atom stereocenters. The van der Waals surface area contributed by atoms with Crippen LogP contribution in [0.1, 0.15) is 12.8 Å². The molecule has 6 nitrogen and oxygen atoms in total. The maximum absolute atomic E-state index is 12.1. The van der Waals surface area contributed by atoms with Crippen molar-refractivity contribution >= 4 is 34.5 Å². The maximum Gasteiger partial charge on any atom is 0.319 e. The van der Waals surface area contributed by atoms with Gasteiger partial charge in [-0.2, -0.15) is 0 Å². The van der Waals surface area contributed by atoms with Crippen LogP contribution in [0.4, 0.5) is 10.6 Å². The predicted octanol–water partition coefficient (Wildman–Crippen LogP) is 2.87. The van der Waals surface area contributed by atoms with Gasteiger partial charge in [-0.25, -0.2) is 9.78 Å². The molecule has 0 spiro atoms. The molecule has 1 aliphatic heterocycles. The van der Waals surface area contributed by atoms with Crippen LogP contribution >= 0.6 is 11.6 Å². The van der Waals surface area contributed by atoms with E-state index in [9.17, 15) is 4.79 Å². The van der Waals surface area contributed by atoms with E-state index in [0.29, 0.717) is 5.02 Å². The quantitative estimate of drug-likeness (QED) is 0.838. The van der Waals surface area contributed by atoms with Gasteiger partial charge in [-0.3, -0.25) is 4.98 Å². The molecule has 128 valence electrons. The summed E-state index contributed by atoms with van der Waals surface area (Å²) in [4.78, 5) is 26.9. The molecule has 1 aliphatic rings. The molecule has 0 bridgehead atoms. The van der Waals surface area contributed by atoms with Crippen LogP contribution in [-0.2, 0) is 0 Å². The number of anilines is 1. The Kier molecular flexibility index (Phi) is 4.76. The number of amides is 2.